The molecule has 2 heterocycles. The molecule has 37 heavy (non-hydrogen) atoms. The number of nitrogens with one attached hydrogen (secondary N) is 3. The second-order valence-electron chi connectivity index (χ2n) is 9.78. The van der Waals surface area contributed by atoms with Gasteiger partial charge in [-0.15, -0.1) is 0 Å². The highest BCUT2D eigenvalue weighted by Gasteiger charge is 2.28. The van der Waals surface area contributed by atoms with Gasteiger partial charge in [0, 0.05) is 29.4 Å². The molecule has 2 fully saturated rings. The first-order valence-electron chi connectivity index (χ1n) is 12.5. The lowest BCUT2D eigenvalue weighted by atomic mass is 9.91. The third-order valence-electron chi connectivity index (χ3n) is 7.07. The van der Waals surface area contributed by atoms with Gasteiger partial charge in [0.05, 0.1) is 24.8 Å². The van der Waals surface area contributed by atoms with Crippen LogP contribution in [0, 0.1) is 18.7 Å². The molecule has 2 aromatic heterocycles. The van der Waals surface area contributed by atoms with Crippen LogP contribution in [-0.4, -0.2) is 57.9 Å². The molecule has 11 heteroatoms. The van der Waals surface area contributed by atoms with Gasteiger partial charge in [-0.3, -0.25) is 4.79 Å². The number of hydrogen-bond donors (Lipinski definition) is 4. The van der Waals surface area contributed by atoms with Crippen molar-refractivity contribution in [3.63, 3.8) is 0 Å². The molecule has 0 saturated heterocycles. The molecule has 2 saturated carbocycles. The molecule has 0 radical (unpaired) electrons. The van der Waals surface area contributed by atoms with Crippen LogP contribution in [0.15, 0.2) is 18.5 Å². The maximum Gasteiger partial charge on any atom is 0.404 e. The van der Waals surface area contributed by atoms with E-state index in [0.717, 1.165) is 12.8 Å². The number of hydrogen-bond acceptors (Lipinski definition) is 6. The fourth-order valence-corrected chi connectivity index (χ4v) is 4.91. The van der Waals surface area contributed by atoms with E-state index in [2.05, 4.69) is 25.6 Å². The molecule has 0 bridgehead atoms. The van der Waals surface area contributed by atoms with E-state index in [9.17, 15) is 14.0 Å². The fourth-order valence-electron chi connectivity index (χ4n) is 4.91. The van der Waals surface area contributed by atoms with Gasteiger partial charge >= 0.3 is 6.09 Å². The molecule has 0 atom stereocenters. The summed E-state index contributed by atoms with van der Waals surface area (Å²) < 4.78 is 25.7. The number of nitrogens with zero attached hydrogens (tertiary/aromatic N) is 2. The average Bonchev–Trinajstić information content (AvgIpc) is 3.63. The maximum atomic E-state index is 14.6. The number of halogens is 1. The van der Waals surface area contributed by atoms with Gasteiger partial charge in [-0.2, -0.15) is 0 Å². The SMILES string of the molecule is COc1cc(-c2ncnc3c(C(=O)N[C@H]4CC[C@@H](NC(=O)O)CC4)c(C)[nH]c23)c(OCC2CC2)cc1F. The summed E-state index contributed by atoms with van der Waals surface area (Å²) in [4.78, 5) is 36.3. The lowest BCUT2D eigenvalue weighted by Gasteiger charge is -2.28. The summed E-state index contributed by atoms with van der Waals surface area (Å²) in [5, 5.41) is 14.5. The molecule has 0 aliphatic heterocycles. The molecule has 3 aromatic rings. The van der Waals surface area contributed by atoms with Crippen molar-refractivity contribution in [2.45, 2.75) is 57.5 Å². The molecule has 1 aromatic carbocycles. The lowest BCUT2D eigenvalue weighted by molar-refractivity contribution is 0.0924. The Labute approximate surface area is 213 Å². The molecular formula is C26H30FN5O5. The highest BCUT2D eigenvalue weighted by Crippen LogP contribution is 2.39. The quantitative estimate of drug-likeness (QED) is 0.356. The maximum absolute atomic E-state index is 14.6. The summed E-state index contributed by atoms with van der Waals surface area (Å²) in [6, 6.07) is 2.70. The summed E-state index contributed by atoms with van der Waals surface area (Å²) in [5.41, 5.74) is 3.08. The minimum Gasteiger partial charge on any atom is -0.494 e. The van der Waals surface area contributed by atoms with E-state index in [1.165, 1.54) is 19.5 Å². The van der Waals surface area contributed by atoms with Crippen LogP contribution < -0.4 is 20.1 Å². The Morgan fingerprint density at radius 1 is 1.08 bits per heavy atom. The number of rotatable bonds is 8. The van der Waals surface area contributed by atoms with Crippen LogP contribution in [0.25, 0.3) is 22.3 Å². The second kappa shape index (κ2) is 10.2. The van der Waals surface area contributed by atoms with E-state index in [0.29, 0.717) is 77.5 Å². The number of aromatic amines is 1. The highest BCUT2D eigenvalue weighted by atomic mass is 19.1. The lowest BCUT2D eigenvalue weighted by Crippen LogP contribution is -2.43. The number of aryl methyl sites for hydroxylation is 1. The van der Waals surface area contributed by atoms with Crippen LogP contribution in [0.4, 0.5) is 9.18 Å². The predicted molar refractivity (Wildman–Crippen MR) is 133 cm³/mol. The van der Waals surface area contributed by atoms with Crippen molar-refractivity contribution >= 4 is 23.0 Å². The number of aromatic nitrogens is 3. The minimum atomic E-state index is -1.03. The zero-order chi connectivity index (χ0) is 26.1. The van der Waals surface area contributed by atoms with Crippen molar-refractivity contribution in [2.75, 3.05) is 13.7 Å². The number of methoxy groups -OCH3 is 1. The number of carbonyl (C=O) groups is 2. The topological polar surface area (TPSA) is 138 Å². The Balaban J connectivity index is 1.43. The molecule has 4 N–H and O–H groups in total. The first-order valence-corrected chi connectivity index (χ1v) is 12.5. The fraction of sp³-hybridized carbons (Fsp3) is 0.462. The van der Waals surface area contributed by atoms with Crippen LogP contribution in [0.5, 0.6) is 11.5 Å². The monoisotopic (exact) mass is 511 g/mol. The average molecular weight is 512 g/mol. The third kappa shape index (κ3) is 5.30. The van der Waals surface area contributed by atoms with Crippen LogP contribution >= 0.6 is 0 Å². The molecule has 2 aliphatic rings. The van der Waals surface area contributed by atoms with Gasteiger partial charge in [0.1, 0.15) is 23.3 Å². The van der Waals surface area contributed by atoms with Gasteiger partial charge in [0.2, 0.25) is 0 Å². The van der Waals surface area contributed by atoms with Gasteiger partial charge < -0.3 is 30.2 Å². The van der Waals surface area contributed by atoms with Gasteiger partial charge in [-0.1, -0.05) is 0 Å². The number of carboxylic acid groups (broad SMARTS) is 1. The van der Waals surface area contributed by atoms with Crippen molar-refractivity contribution < 1.29 is 28.6 Å². The second-order valence-corrected chi connectivity index (χ2v) is 9.78. The van der Waals surface area contributed by atoms with Crippen molar-refractivity contribution in [1.82, 2.24) is 25.6 Å². The van der Waals surface area contributed by atoms with Crippen LogP contribution in [0.2, 0.25) is 0 Å². The molecule has 5 rings (SSSR count). The number of H-pyrrole nitrogens is 1. The minimum absolute atomic E-state index is 0.0613. The van der Waals surface area contributed by atoms with Crippen molar-refractivity contribution in [3.8, 4) is 22.8 Å². The van der Waals surface area contributed by atoms with E-state index in [-0.39, 0.29) is 23.7 Å². The van der Waals surface area contributed by atoms with E-state index in [1.807, 2.05) is 0 Å². The highest BCUT2D eigenvalue weighted by molar-refractivity contribution is 6.09. The molecule has 196 valence electrons. The van der Waals surface area contributed by atoms with Gasteiger partial charge in [0.15, 0.2) is 11.6 Å². The van der Waals surface area contributed by atoms with Crippen molar-refractivity contribution in [1.29, 1.82) is 0 Å². The van der Waals surface area contributed by atoms with Gasteiger partial charge in [-0.05, 0) is 57.4 Å². The predicted octanol–water partition coefficient (Wildman–Crippen LogP) is 4.18. The van der Waals surface area contributed by atoms with E-state index >= 15 is 0 Å². The number of benzene rings is 1. The Bertz CT molecular complexity index is 1330. The smallest absolute Gasteiger partial charge is 0.404 e. The standard InChI is InChI=1S/C26H30FN5O5/c1-13-21(25(33)31-15-5-7-16(8-6-15)32-26(34)35)23-24(30-13)22(28-12-29-23)17-9-20(36-2)18(27)10-19(17)37-11-14-3-4-14/h9-10,12,14-16,30,32H,3-8,11H2,1-2H3,(H,31,33)(H,34,35)/t15-,16+. The molecule has 0 spiro atoms. The van der Waals surface area contributed by atoms with Crippen LogP contribution in [0.3, 0.4) is 0 Å². The van der Waals surface area contributed by atoms with E-state index in [4.69, 9.17) is 14.6 Å². The molecule has 10 nitrogen and oxygen atoms in total. The number of carbonyl (C=O) groups excluding carboxylic acids is 1. The summed E-state index contributed by atoms with van der Waals surface area (Å²) in [5.74, 6) is 0.106. The van der Waals surface area contributed by atoms with Gasteiger partial charge in [-0.25, -0.2) is 19.2 Å². The molecule has 0 unspecified atom stereocenters. The summed E-state index contributed by atoms with van der Waals surface area (Å²) in [7, 11) is 1.40. The summed E-state index contributed by atoms with van der Waals surface area (Å²) in [6.45, 7) is 2.29. The number of fused-ring (bicyclic) bond motifs is 1. The van der Waals surface area contributed by atoms with Crippen molar-refractivity contribution in [2.24, 2.45) is 5.92 Å². The molecule has 2 amide bonds. The Kier molecular flexibility index (Phi) is 6.86. The first kappa shape index (κ1) is 24.8. The van der Waals surface area contributed by atoms with Gasteiger partial charge in [0.25, 0.3) is 5.91 Å². The normalized spacial score (nSPS) is 19.4. The van der Waals surface area contributed by atoms with Crippen LogP contribution in [-0.2, 0) is 0 Å². The zero-order valence-corrected chi connectivity index (χ0v) is 20.8. The van der Waals surface area contributed by atoms with Crippen LogP contribution in [0.1, 0.15) is 54.6 Å². The zero-order valence-electron chi connectivity index (χ0n) is 20.8. The Morgan fingerprint density at radius 3 is 2.43 bits per heavy atom. The third-order valence-corrected chi connectivity index (χ3v) is 7.07. The number of amides is 2. The van der Waals surface area contributed by atoms with Crippen molar-refractivity contribution in [3.05, 3.63) is 35.5 Å². The molecular weight excluding hydrogens is 481 g/mol. The largest absolute Gasteiger partial charge is 0.494 e. The Morgan fingerprint density at radius 2 is 1.78 bits per heavy atom. The Hall–Kier alpha value is -3.89. The molecule has 2 aliphatic carbocycles. The summed E-state index contributed by atoms with van der Waals surface area (Å²) in [6.07, 6.45) is 5.21. The first-order chi connectivity index (χ1) is 17.8. The van der Waals surface area contributed by atoms with E-state index in [1.54, 1.807) is 13.0 Å². The van der Waals surface area contributed by atoms with E-state index < -0.39 is 11.9 Å². The summed E-state index contributed by atoms with van der Waals surface area (Å²) >= 11 is 0. The number of ether oxygens (including phenoxy) is 2.